The fourth-order valence-corrected chi connectivity index (χ4v) is 4.32. The molecule has 7 heteroatoms. The van der Waals surface area contributed by atoms with E-state index in [0.29, 0.717) is 34.3 Å². The molecule has 3 rings (SSSR count). The second-order valence-corrected chi connectivity index (χ2v) is 9.58. The molecule has 0 heterocycles. The number of amides is 2. The Kier molecular flexibility index (Phi) is 10.2. The summed E-state index contributed by atoms with van der Waals surface area (Å²) in [6.45, 7) is 6.39. The Labute approximate surface area is 223 Å². The molecular formula is C29H32Cl2N2O3. The number of nitrogens with zero attached hydrogens (tertiary/aromatic N) is 1. The second-order valence-electron chi connectivity index (χ2n) is 8.74. The number of ether oxygens (including phenoxy) is 1. The number of rotatable bonds is 11. The first-order valence-electron chi connectivity index (χ1n) is 12.0. The van der Waals surface area contributed by atoms with Gasteiger partial charge in [-0.2, -0.15) is 0 Å². The number of carbonyl (C=O) groups excluding carboxylic acids is 2. The second kappa shape index (κ2) is 13.3. The fraction of sp³-hybridized carbons (Fsp3) is 0.310. The maximum absolute atomic E-state index is 13.7. The van der Waals surface area contributed by atoms with Crippen LogP contribution in [0.1, 0.15) is 35.6 Å². The van der Waals surface area contributed by atoms with Crippen molar-refractivity contribution >= 4 is 35.0 Å². The summed E-state index contributed by atoms with van der Waals surface area (Å²) in [4.78, 5) is 28.6. The number of hydrogen-bond acceptors (Lipinski definition) is 3. The van der Waals surface area contributed by atoms with E-state index in [0.717, 1.165) is 23.1 Å². The molecule has 0 radical (unpaired) electrons. The van der Waals surface area contributed by atoms with Gasteiger partial charge in [-0.25, -0.2) is 0 Å². The van der Waals surface area contributed by atoms with Gasteiger partial charge in [-0.3, -0.25) is 9.59 Å². The molecule has 2 amide bonds. The summed E-state index contributed by atoms with van der Waals surface area (Å²) in [7, 11) is 0. The number of hydrogen-bond donors (Lipinski definition) is 1. The molecule has 0 bridgehead atoms. The Morgan fingerprint density at radius 3 is 2.44 bits per heavy atom. The third-order valence-electron chi connectivity index (χ3n) is 6.08. The SMILES string of the molecule is CCCNC(=O)[C@@H](Cc1ccccc1)N(Cc1ccc(Cl)cc1Cl)C(=O)COc1cccc(C)c1C. The quantitative estimate of drug-likeness (QED) is 0.325. The van der Waals surface area contributed by atoms with Gasteiger partial charge in [-0.05, 0) is 60.7 Å². The standard InChI is InChI=1S/C29H32Cl2N2O3/c1-4-15-32-29(35)26(16-22-10-6-5-7-11-22)33(18-23-13-14-24(30)17-25(23)31)28(34)19-36-27-12-8-9-20(2)21(27)3/h5-14,17,26H,4,15-16,18-19H2,1-3H3,(H,32,35)/t26-/m1/s1. The molecule has 1 atom stereocenters. The van der Waals surface area contributed by atoms with E-state index in [1.54, 1.807) is 23.1 Å². The topological polar surface area (TPSA) is 58.6 Å². The van der Waals surface area contributed by atoms with Crippen molar-refractivity contribution in [1.29, 1.82) is 0 Å². The van der Waals surface area contributed by atoms with E-state index >= 15 is 0 Å². The predicted octanol–water partition coefficient (Wildman–Crippen LogP) is 6.16. The average molecular weight is 527 g/mol. The first kappa shape index (κ1) is 27.6. The fourth-order valence-electron chi connectivity index (χ4n) is 3.86. The number of carbonyl (C=O) groups is 2. The summed E-state index contributed by atoms with van der Waals surface area (Å²) in [6, 6.07) is 19.8. The monoisotopic (exact) mass is 526 g/mol. The number of benzene rings is 3. The first-order chi connectivity index (χ1) is 17.3. The lowest BCUT2D eigenvalue weighted by molar-refractivity contribution is -0.142. The highest BCUT2D eigenvalue weighted by Gasteiger charge is 2.31. The number of nitrogens with one attached hydrogen (secondary N) is 1. The summed E-state index contributed by atoms with van der Waals surface area (Å²) < 4.78 is 5.93. The zero-order valence-electron chi connectivity index (χ0n) is 20.9. The average Bonchev–Trinajstić information content (AvgIpc) is 2.87. The molecule has 3 aromatic rings. The van der Waals surface area contributed by atoms with E-state index in [2.05, 4.69) is 5.32 Å². The zero-order chi connectivity index (χ0) is 26.1. The van der Waals surface area contributed by atoms with Gasteiger partial charge in [0.1, 0.15) is 11.8 Å². The van der Waals surface area contributed by atoms with Crippen LogP contribution in [0.25, 0.3) is 0 Å². The normalized spacial score (nSPS) is 11.6. The van der Waals surface area contributed by atoms with E-state index in [-0.39, 0.29) is 25.0 Å². The molecule has 5 nitrogen and oxygen atoms in total. The van der Waals surface area contributed by atoms with Gasteiger partial charge in [0, 0.05) is 29.6 Å². The van der Waals surface area contributed by atoms with Gasteiger partial charge in [0.15, 0.2) is 6.61 Å². The molecule has 36 heavy (non-hydrogen) atoms. The van der Waals surface area contributed by atoms with Crippen LogP contribution in [0.4, 0.5) is 0 Å². The summed E-state index contributed by atoms with van der Waals surface area (Å²) >= 11 is 12.6. The van der Waals surface area contributed by atoms with Gasteiger partial charge < -0.3 is 15.0 Å². The van der Waals surface area contributed by atoms with Crippen LogP contribution in [-0.4, -0.2) is 35.9 Å². The van der Waals surface area contributed by atoms with Gasteiger partial charge >= 0.3 is 0 Å². The van der Waals surface area contributed by atoms with Gasteiger partial charge in [0.25, 0.3) is 5.91 Å². The molecule has 0 aliphatic heterocycles. The third-order valence-corrected chi connectivity index (χ3v) is 6.67. The summed E-state index contributed by atoms with van der Waals surface area (Å²) in [5.41, 5.74) is 3.69. The van der Waals surface area contributed by atoms with Crippen LogP contribution in [0.15, 0.2) is 66.7 Å². The Bertz CT molecular complexity index is 1180. The van der Waals surface area contributed by atoms with Gasteiger partial charge in [0.05, 0.1) is 0 Å². The van der Waals surface area contributed by atoms with Gasteiger partial charge in [-0.15, -0.1) is 0 Å². The molecule has 0 aliphatic carbocycles. The Morgan fingerprint density at radius 2 is 1.75 bits per heavy atom. The van der Waals surface area contributed by atoms with E-state index < -0.39 is 6.04 Å². The molecule has 0 saturated carbocycles. The predicted molar refractivity (Wildman–Crippen MR) is 146 cm³/mol. The third kappa shape index (κ3) is 7.49. The van der Waals surface area contributed by atoms with Gasteiger partial charge in [0.2, 0.25) is 5.91 Å². The molecule has 0 saturated heterocycles. The highest BCUT2D eigenvalue weighted by atomic mass is 35.5. The van der Waals surface area contributed by atoms with Crippen molar-refractivity contribution in [2.24, 2.45) is 0 Å². The molecule has 3 aromatic carbocycles. The smallest absolute Gasteiger partial charge is 0.261 e. The van der Waals surface area contributed by atoms with Crippen LogP contribution in [-0.2, 0) is 22.6 Å². The number of halogens is 2. The zero-order valence-corrected chi connectivity index (χ0v) is 22.4. The molecule has 0 aliphatic rings. The minimum atomic E-state index is -0.750. The molecule has 0 aromatic heterocycles. The molecular weight excluding hydrogens is 495 g/mol. The molecule has 1 N–H and O–H groups in total. The molecule has 0 spiro atoms. The number of aryl methyl sites for hydroxylation is 1. The van der Waals surface area contributed by atoms with Crippen LogP contribution < -0.4 is 10.1 Å². The Hall–Kier alpha value is -3.02. The minimum Gasteiger partial charge on any atom is -0.483 e. The van der Waals surface area contributed by atoms with E-state index in [1.165, 1.54) is 0 Å². The lowest BCUT2D eigenvalue weighted by Gasteiger charge is -2.32. The van der Waals surface area contributed by atoms with Crippen molar-refractivity contribution in [3.05, 3.63) is 99.0 Å². The molecule has 0 fully saturated rings. The van der Waals surface area contributed by atoms with E-state index in [9.17, 15) is 9.59 Å². The van der Waals surface area contributed by atoms with Crippen molar-refractivity contribution in [3.63, 3.8) is 0 Å². The highest BCUT2D eigenvalue weighted by molar-refractivity contribution is 6.35. The lowest BCUT2D eigenvalue weighted by atomic mass is 10.0. The minimum absolute atomic E-state index is 0.141. The van der Waals surface area contributed by atoms with Crippen LogP contribution in [0.3, 0.4) is 0 Å². The highest BCUT2D eigenvalue weighted by Crippen LogP contribution is 2.25. The van der Waals surface area contributed by atoms with E-state index in [4.69, 9.17) is 27.9 Å². The maximum atomic E-state index is 13.7. The maximum Gasteiger partial charge on any atom is 0.261 e. The first-order valence-corrected chi connectivity index (χ1v) is 12.8. The summed E-state index contributed by atoms with van der Waals surface area (Å²) in [5, 5.41) is 3.89. The Morgan fingerprint density at radius 1 is 1.00 bits per heavy atom. The lowest BCUT2D eigenvalue weighted by Crippen LogP contribution is -2.51. The largest absolute Gasteiger partial charge is 0.483 e. The van der Waals surface area contributed by atoms with Crippen molar-refractivity contribution in [3.8, 4) is 5.75 Å². The van der Waals surface area contributed by atoms with Crippen LogP contribution in [0.2, 0.25) is 10.0 Å². The summed E-state index contributed by atoms with van der Waals surface area (Å²) in [6.07, 6.45) is 1.15. The van der Waals surface area contributed by atoms with Crippen LogP contribution in [0.5, 0.6) is 5.75 Å². The molecule has 190 valence electrons. The Balaban J connectivity index is 1.94. The van der Waals surface area contributed by atoms with Crippen molar-refractivity contribution in [2.45, 2.75) is 46.2 Å². The van der Waals surface area contributed by atoms with Crippen LogP contribution >= 0.6 is 23.2 Å². The van der Waals surface area contributed by atoms with E-state index in [1.807, 2.05) is 69.3 Å². The van der Waals surface area contributed by atoms with Crippen LogP contribution in [0, 0.1) is 13.8 Å². The van der Waals surface area contributed by atoms with Crippen molar-refractivity contribution in [2.75, 3.05) is 13.2 Å². The molecule has 0 unspecified atom stereocenters. The van der Waals surface area contributed by atoms with Crippen molar-refractivity contribution < 1.29 is 14.3 Å². The van der Waals surface area contributed by atoms with Gasteiger partial charge in [-0.1, -0.05) is 78.7 Å². The van der Waals surface area contributed by atoms with Crippen molar-refractivity contribution in [1.82, 2.24) is 10.2 Å². The summed E-state index contributed by atoms with van der Waals surface area (Å²) in [5.74, 6) is 0.114.